The van der Waals surface area contributed by atoms with Crippen molar-refractivity contribution in [2.75, 3.05) is 4.90 Å². The van der Waals surface area contributed by atoms with Crippen LogP contribution in [0.2, 0.25) is 0 Å². The molecule has 1 aliphatic rings. The van der Waals surface area contributed by atoms with E-state index in [-0.39, 0.29) is 23.1 Å². The van der Waals surface area contributed by atoms with Crippen LogP contribution < -0.4 is 15.5 Å². The van der Waals surface area contributed by atoms with Gasteiger partial charge in [-0.3, -0.25) is 24.6 Å². The lowest BCUT2D eigenvalue weighted by Gasteiger charge is -2.29. The lowest BCUT2D eigenvalue weighted by Crippen LogP contribution is -2.54. The van der Waals surface area contributed by atoms with Crippen molar-refractivity contribution in [3.8, 4) is 0 Å². The second-order valence-corrected chi connectivity index (χ2v) is 10.2. The highest BCUT2D eigenvalue weighted by Crippen LogP contribution is 2.27. The van der Waals surface area contributed by atoms with Crippen molar-refractivity contribution >= 4 is 69.1 Å². The summed E-state index contributed by atoms with van der Waals surface area (Å²) < 4.78 is 1.82. The molecule has 0 spiro atoms. The van der Waals surface area contributed by atoms with Gasteiger partial charge in [0.1, 0.15) is 12.1 Å². The summed E-state index contributed by atoms with van der Waals surface area (Å²) in [7, 11) is 0. The lowest BCUT2D eigenvalue weighted by atomic mass is 10.0. The molecule has 0 saturated carbocycles. The molecule has 4 aromatic rings. The van der Waals surface area contributed by atoms with E-state index in [1.165, 1.54) is 4.90 Å². The number of thiocarbonyl (C=S) groups is 1. The van der Waals surface area contributed by atoms with Crippen LogP contribution in [-0.2, 0) is 27.5 Å². The summed E-state index contributed by atoms with van der Waals surface area (Å²) in [5, 5.41) is 8.41. The first kappa shape index (κ1) is 24.6. The van der Waals surface area contributed by atoms with Crippen molar-refractivity contribution in [3.05, 3.63) is 93.3 Å². The molecule has 186 valence electrons. The Balaban J connectivity index is 1.46. The standard InChI is InChI=1S/C28H24N4O3S2/c1-17-9-10-20(12-18(17)2)32-27(35)23(26(34)30-28(32)36)13-19-15-31(24-8-4-3-7-22(19)24)16-25(33)29-14-21-6-5-11-37-21/h3-13,15H,14,16H2,1-2H3,(H,29,33)(H,30,34,36)/b23-13+. The van der Waals surface area contributed by atoms with Crippen LogP contribution in [0.1, 0.15) is 21.6 Å². The third-order valence-electron chi connectivity index (χ3n) is 6.32. The first-order valence-electron chi connectivity index (χ1n) is 11.7. The second kappa shape index (κ2) is 10.1. The Bertz CT molecular complexity index is 1580. The van der Waals surface area contributed by atoms with E-state index in [9.17, 15) is 14.4 Å². The topological polar surface area (TPSA) is 83.4 Å². The van der Waals surface area contributed by atoms with Crippen LogP contribution in [0.15, 0.2) is 71.7 Å². The first-order chi connectivity index (χ1) is 17.8. The minimum absolute atomic E-state index is 0.0307. The number of benzene rings is 2. The summed E-state index contributed by atoms with van der Waals surface area (Å²) in [6, 6.07) is 17.1. The number of amides is 3. The van der Waals surface area contributed by atoms with Gasteiger partial charge in [-0.05, 0) is 72.9 Å². The number of carbonyl (C=O) groups is 3. The molecule has 1 fully saturated rings. The number of para-hydroxylation sites is 1. The average Bonchev–Trinajstić information content (AvgIpc) is 3.51. The first-order valence-corrected chi connectivity index (χ1v) is 13.0. The monoisotopic (exact) mass is 528 g/mol. The van der Waals surface area contributed by atoms with Crippen molar-refractivity contribution < 1.29 is 14.4 Å². The van der Waals surface area contributed by atoms with Crippen LogP contribution >= 0.6 is 23.6 Å². The summed E-state index contributed by atoms with van der Waals surface area (Å²) in [6.07, 6.45) is 3.35. The number of anilines is 1. The smallest absolute Gasteiger partial charge is 0.270 e. The van der Waals surface area contributed by atoms with Gasteiger partial charge < -0.3 is 9.88 Å². The van der Waals surface area contributed by atoms with Gasteiger partial charge in [0.25, 0.3) is 11.8 Å². The highest BCUT2D eigenvalue weighted by Gasteiger charge is 2.34. The number of nitrogens with one attached hydrogen (secondary N) is 2. The number of carbonyl (C=O) groups excluding carboxylic acids is 3. The van der Waals surface area contributed by atoms with Crippen LogP contribution in [0.3, 0.4) is 0 Å². The predicted octanol–water partition coefficient (Wildman–Crippen LogP) is 4.47. The van der Waals surface area contributed by atoms with Gasteiger partial charge >= 0.3 is 0 Å². The Morgan fingerprint density at radius 2 is 1.89 bits per heavy atom. The second-order valence-electron chi connectivity index (χ2n) is 8.81. The molecule has 7 nitrogen and oxygen atoms in total. The Labute approximate surface area is 223 Å². The number of aryl methyl sites for hydroxylation is 2. The highest BCUT2D eigenvalue weighted by molar-refractivity contribution is 7.80. The third kappa shape index (κ3) is 4.96. The van der Waals surface area contributed by atoms with Gasteiger partial charge in [0.2, 0.25) is 5.91 Å². The van der Waals surface area contributed by atoms with Crippen molar-refractivity contribution in [1.29, 1.82) is 0 Å². The average molecular weight is 529 g/mol. The van der Waals surface area contributed by atoms with E-state index in [0.29, 0.717) is 17.8 Å². The number of nitrogens with zero attached hydrogens (tertiary/aromatic N) is 2. The molecule has 0 unspecified atom stereocenters. The summed E-state index contributed by atoms with van der Waals surface area (Å²) in [5.74, 6) is -1.19. The number of fused-ring (bicyclic) bond motifs is 1. The largest absolute Gasteiger partial charge is 0.350 e. The third-order valence-corrected chi connectivity index (χ3v) is 7.48. The Morgan fingerprint density at radius 3 is 2.65 bits per heavy atom. The SMILES string of the molecule is Cc1ccc(N2C(=O)/C(=C/c3cn(CC(=O)NCc4cccs4)c4ccccc34)C(=O)NC2=S)cc1C. The van der Waals surface area contributed by atoms with Gasteiger partial charge in [0, 0.05) is 27.5 Å². The number of rotatable bonds is 6. The fourth-order valence-corrected chi connectivity index (χ4v) is 5.17. The molecule has 3 amide bonds. The number of hydrogen-bond donors (Lipinski definition) is 2. The molecule has 5 rings (SSSR count). The number of aromatic nitrogens is 1. The van der Waals surface area contributed by atoms with Crippen molar-refractivity contribution in [2.45, 2.75) is 26.9 Å². The van der Waals surface area contributed by atoms with E-state index in [0.717, 1.165) is 26.9 Å². The Kier molecular flexibility index (Phi) is 6.73. The van der Waals surface area contributed by atoms with E-state index in [4.69, 9.17) is 12.2 Å². The molecule has 3 heterocycles. The van der Waals surface area contributed by atoms with Gasteiger partial charge in [0.15, 0.2) is 5.11 Å². The lowest BCUT2D eigenvalue weighted by molar-refractivity contribution is -0.123. The molecule has 2 aromatic heterocycles. The van der Waals surface area contributed by atoms with Gasteiger partial charge in [-0.15, -0.1) is 11.3 Å². The molecule has 0 aliphatic carbocycles. The van der Waals surface area contributed by atoms with Crippen LogP contribution in [0.5, 0.6) is 0 Å². The molecule has 9 heteroatoms. The summed E-state index contributed by atoms with van der Waals surface area (Å²) >= 11 is 6.92. The number of hydrogen-bond acceptors (Lipinski definition) is 5. The van der Waals surface area contributed by atoms with E-state index < -0.39 is 11.8 Å². The van der Waals surface area contributed by atoms with Crippen molar-refractivity contribution in [2.24, 2.45) is 0 Å². The summed E-state index contributed by atoms with van der Waals surface area (Å²) in [6.45, 7) is 4.52. The summed E-state index contributed by atoms with van der Waals surface area (Å²) in [4.78, 5) is 41.4. The molecule has 0 atom stereocenters. The normalized spacial score (nSPS) is 14.9. The highest BCUT2D eigenvalue weighted by atomic mass is 32.1. The van der Waals surface area contributed by atoms with Gasteiger partial charge in [-0.25, -0.2) is 0 Å². The van der Waals surface area contributed by atoms with Crippen LogP contribution in [0.4, 0.5) is 5.69 Å². The molecule has 37 heavy (non-hydrogen) atoms. The molecule has 2 aromatic carbocycles. The molecule has 1 aliphatic heterocycles. The van der Waals surface area contributed by atoms with E-state index in [1.54, 1.807) is 23.6 Å². The van der Waals surface area contributed by atoms with Crippen LogP contribution in [0, 0.1) is 13.8 Å². The Morgan fingerprint density at radius 1 is 1.08 bits per heavy atom. The predicted molar refractivity (Wildman–Crippen MR) is 150 cm³/mol. The van der Waals surface area contributed by atoms with Gasteiger partial charge in [-0.2, -0.15) is 0 Å². The van der Waals surface area contributed by atoms with E-state index >= 15 is 0 Å². The summed E-state index contributed by atoms with van der Waals surface area (Å²) in [5.41, 5.74) is 4.15. The fraction of sp³-hybridized carbons (Fsp3) is 0.143. The Hall–Kier alpha value is -4.08. The molecular weight excluding hydrogens is 504 g/mol. The zero-order valence-electron chi connectivity index (χ0n) is 20.3. The minimum atomic E-state index is -0.555. The maximum absolute atomic E-state index is 13.5. The van der Waals surface area contributed by atoms with E-state index in [1.807, 2.05) is 78.4 Å². The van der Waals surface area contributed by atoms with Crippen LogP contribution in [-0.4, -0.2) is 27.4 Å². The molecule has 0 bridgehead atoms. The molecule has 1 saturated heterocycles. The minimum Gasteiger partial charge on any atom is -0.350 e. The zero-order valence-corrected chi connectivity index (χ0v) is 21.9. The fourth-order valence-electron chi connectivity index (χ4n) is 4.24. The van der Waals surface area contributed by atoms with Crippen molar-refractivity contribution in [3.63, 3.8) is 0 Å². The number of thiophene rings is 1. The molecular formula is C28H24N4O3S2. The van der Waals surface area contributed by atoms with Gasteiger partial charge in [0.05, 0.1) is 12.2 Å². The quantitative estimate of drug-likeness (QED) is 0.220. The molecule has 2 N–H and O–H groups in total. The van der Waals surface area contributed by atoms with Crippen molar-refractivity contribution in [1.82, 2.24) is 15.2 Å². The maximum Gasteiger partial charge on any atom is 0.270 e. The molecule has 0 radical (unpaired) electrons. The van der Waals surface area contributed by atoms with Gasteiger partial charge in [-0.1, -0.05) is 30.3 Å². The zero-order chi connectivity index (χ0) is 26.1. The van der Waals surface area contributed by atoms with Crippen LogP contribution in [0.25, 0.3) is 17.0 Å². The van der Waals surface area contributed by atoms with E-state index in [2.05, 4.69) is 10.6 Å². The maximum atomic E-state index is 13.5.